The van der Waals surface area contributed by atoms with Gasteiger partial charge in [-0.25, -0.2) is 8.78 Å². The molecule has 0 radical (unpaired) electrons. The van der Waals surface area contributed by atoms with Crippen molar-refractivity contribution in [2.75, 3.05) is 10.6 Å². The molecule has 3 rings (SSSR count). The van der Waals surface area contributed by atoms with E-state index in [9.17, 15) is 23.2 Å². The minimum atomic E-state index is -1.22. The molecule has 0 bridgehead atoms. The predicted molar refractivity (Wildman–Crippen MR) is 99.9 cm³/mol. The van der Waals surface area contributed by atoms with Gasteiger partial charge in [0.05, 0.1) is 23.0 Å². The number of rotatable bonds is 5. The number of para-hydroxylation sites is 1. The van der Waals surface area contributed by atoms with Crippen LogP contribution in [0.5, 0.6) is 0 Å². The second-order valence-electron chi connectivity index (χ2n) is 6.04. The van der Waals surface area contributed by atoms with Gasteiger partial charge in [0, 0.05) is 11.0 Å². The van der Waals surface area contributed by atoms with Gasteiger partial charge in [-0.3, -0.25) is 14.4 Å². The van der Waals surface area contributed by atoms with Crippen LogP contribution < -0.4 is 10.6 Å². The molecular formula is C19H16F2N2O4S. The smallest absolute Gasteiger partial charge is 0.308 e. The molecule has 1 aliphatic rings. The van der Waals surface area contributed by atoms with E-state index in [0.717, 1.165) is 17.0 Å². The molecule has 0 fully saturated rings. The number of amides is 2. The molecule has 2 atom stereocenters. The van der Waals surface area contributed by atoms with Gasteiger partial charge in [-0.15, -0.1) is 11.8 Å². The zero-order valence-electron chi connectivity index (χ0n) is 14.7. The summed E-state index contributed by atoms with van der Waals surface area (Å²) < 4.78 is 31.6. The number of benzene rings is 2. The minimum Gasteiger partial charge on any atom is -0.452 e. The Morgan fingerprint density at radius 1 is 1.25 bits per heavy atom. The molecule has 6 nitrogen and oxygen atoms in total. The molecule has 2 N–H and O–H groups in total. The first kappa shape index (κ1) is 19.8. The van der Waals surface area contributed by atoms with Crippen LogP contribution in [0.2, 0.25) is 0 Å². The van der Waals surface area contributed by atoms with Gasteiger partial charge in [0.25, 0.3) is 5.91 Å². The van der Waals surface area contributed by atoms with Gasteiger partial charge in [0.2, 0.25) is 5.91 Å². The first-order valence-corrected chi connectivity index (χ1v) is 9.23. The van der Waals surface area contributed by atoms with Crippen LogP contribution in [-0.4, -0.2) is 29.1 Å². The van der Waals surface area contributed by atoms with Crippen LogP contribution in [0.3, 0.4) is 0 Å². The molecular weight excluding hydrogens is 390 g/mol. The van der Waals surface area contributed by atoms with Crippen molar-refractivity contribution in [3.05, 3.63) is 54.1 Å². The van der Waals surface area contributed by atoms with Crippen LogP contribution in [0.4, 0.5) is 20.2 Å². The summed E-state index contributed by atoms with van der Waals surface area (Å²) in [5.74, 6) is -3.56. The molecule has 0 aliphatic carbocycles. The summed E-state index contributed by atoms with van der Waals surface area (Å²) in [5, 5.41) is 4.25. The van der Waals surface area contributed by atoms with E-state index in [4.69, 9.17) is 4.74 Å². The van der Waals surface area contributed by atoms with Crippen LogP contribution in [-0.2, 0) is 19.1 Å². The van der Waals surface area contributed by atoms with E-state index >= 15 is 0 Å². The largest absolute Gasteiger partial charge is 0.452 e. The highest BCUT2D eigenvalue weighted by Gasteiger charge is 2.30. The number of hydrogen-bond donors (Lipinski definition) is 2. The highest BCUT2D eigenvalue weighted by atomic mass is 32.2. The average Bonchev–Trinajstić information content (AvgIpc) is 2.64. The van der Waals surface area contributed by atoms with Gasteiger partial charge < -0.3 is 15.4 Å². The number of fused-ring (bicyclic) bond motifs is 1. The van der Waals surface area contributed by atoms with Crippen molar-refractivity contribution in [2.45, 2.75) is 29.6 Å². The van der Waals surface area contributed by atoms with Gasteiger partial charge in [-0.1, -0.05) is 12.1 Å². The van der Waals surface area contributed by atoms with Crippen LogP contribution in [0.15, 0.2) is 47.4 Å². The summed E-state index contributed by atoms with van der Waals surface area (Å²) in [6, 6.07) is 9.88. The summed E-state index contributed by atoms with van der Waals surface area (Å²) in [7, 11) is 0. The van der Waals surface area contributed by atoms with Crippen molar-refractivity contribution in [3.8, 4) is 0 Å². The van der Waals surface area contributed by atoms with E-state index in [1.165, 1.54) is 18.7 Å². The molecule has 2 aromatic carbocycles. The van der Waals surface area contributed by atoms with E-state index < -0.39 is 34.9 Å². The lowest BCUT2D eigenvalue weighted by molar-refractivity contribution is -0.153. The SMILES string of the molecule is C[C@@H](OC(=O)C[C@H]1Sc2ccccc2NC1=O)C(=O)Nc1ccc(F)cc1F. The number of anilines is 2. The van der Waals surface area contributed by atoms with Gasteiger partial charge in [0.1, 0.15) is 11.6 Å². The number of thioether (sulfide) groups is 1. The Hall–Kier alpha value is -2.94. The number of carbonyl (C=O) groups excluding carboxylic acids is 3. The zero-order valence-corrected chi connectivity index (χ0v) is 15.5. The Kier molecular flexibility index (Phi) is 5.93. The summed E-state index contributed by atoms with van der Waals surface area (Å²) >= 11 is 1.24. The van der Waals surface area contributed by atoms with E-state index in [0.29, 0.717) is 11.8 Å². The fraction of sp³-hybridized carbons (Fsp3) is 0.211. The van der Waals surface area contributed by atoms with Crippen molar-refractivity contribution in [1.29, 1.82) is 0 Å². The Labute approximate surface area is 163 Å². The van der Waals surface area contributed by atoms with Crippen LogP contribution in [0, 0.1) is 11.6 Å². The number of hydrogen-bond acceptors (Lipinski definition) is 5. The standard InChI is InChI=1S/C19H16F2N2O4S/c1-10(18(25)22-13-7-6-11(20)8-12(13)21)27-17(24)9-16-19(26)23-14-4-2-3-5-15(14)28-16/h2-8,10,16H,9H2,1H3,(H,22,25)(H,23,26)/t10-,16-/m1/s1. The van der Waals surface area contributed by atoms with Crippen molar-refractivity contribution in [1.82, 2.24) is 0 Å². The van der Waals surface area contributed by atoms with Crippen molar-refractivity contribution in [2.24, 2.45) is 0 Å². The Balaban J connectivity index is 1.55. The molecule has 0 spiro atoms. The molecule has 2 aromatic rings. The van der Waals surface area contributed by atoms with Crippen molar-refractivity contribution >= 4 is 40.9 Å². The molecule has 2 amide bonds. The Morgan fingerprint density at radius 2 is 2.00 bits per heavy atom. The number of ether oxygens (including phenoxy) is 1. The average molecular weight is 406 g/mol. The van der Waals surface area contributed by atoms with E-state index in [2.05, 4.69) is 10.6 Å². The zero-order chi connectivity index (χ0) is 20.3. The molecule has 1 heterocycles. The maximum Gasteiger partial charge on any atom is 0.308 e. The maximum absolute atomic E-state index is 13.6. The van der Waals surface area contributed by atoms with Crippen molar-refractivity contribution < 1.29 is 27.9 Å². The lowest BCUT2D eigenvalue weighted by atomic mass is 10.2. The molecule has 28 heavy (non-hydrogen) atoms. The first-order valence-electron chi connectivity index (χ1n) is 8.35. The van der Waals surface area contributed by atoms with Gasteiger partial charge in [-0.2, -0.15) is 0 Å². The highest BCUT2D eigenvalue weighted by molar-refractivity contribution is 8.01. The first-order chi connectivity index (χ1) is 13.3. The quantitative estimate of drug-likeness (QED) is 0.744. The van der Waals surface area contributed by atoms with E-state index in [-0.39, 0.29) is 18.0 Å². The Morgan fingerprint density at radius 3 is 2.75 bits per heavy atom. The van der Waals surface area contributed by atoms with E-state index in [1.807, 2.05) is 12.1 Å². The van der Waals surface area contributed by atoms with Crippen molar-refractivity contribution in [3.63, 3.8) is 0 Å². The second-order valence-corrected chi connectivity index (χ2v) is 7.29. The number of nitrogens with one attached hydrogen (secondary N) is 2. The molecule has 146 valence electrons. The normalized spacial score (nSPS) is 16.5. The predicted octanol–water partition coefficient (Wildman–Crippen LogP) is 3.34. The number of carbonyl (C=O) groups is 3. The lowest BCUT2D eigenvalue weighted by Gasteiger charge is -2.23. The molecule has 0 saturated heterocycles. The minimum absolute atomic E-state index is 0.229. The third kappa shape index (κ3) is 4.66. The third-order valence-electron chi connectivity index (χ3n) is 3.93. The topological polar surface area (TPSA) is 84.5 Å². The molecule has 0 aromatic heterocycles. The van der Waals surface area contributed by atoms with Gasteiger partial charge >= 0.3 is 5.97 Å². The lowest BCUT2D eigenvalue weighted by Crippen LogP contribution is -2.34. The number of halogens is 2. The fourth-order valence-electron chi connectivity index (χ4n) is 2.50. The fourth-order valence-corrected chi connectivity index (χ4v) is 3.60. The van der Waals surface area contributed by atoms with Crippen LogP contribution >= 0.6 is 11.8 Å². The summed E-state index contributed by atoms with van der Waals surface area (Å²) in [5.41, 5.74) is 0.448. The maximum atomic E-state index is 13.6. The summed E-state index contributed by atoms with van der Waals surface area (Å²) in [4.78, 5) is 37.2. The van der Waals surface area contributed by atoms with Gasteiger partial charge in [-0.05, 0) is 31.2 Å². The highest BCUT2D eigenvalue weighted by Crippen LogP contribution is 2.36. The molecule has 9 heteroatoms. The molecule has 0 saturated carbocycles. The Bertz CT molecular complexity index is 938. The van der Waals surface area contributed by atoms with Gasteiger partial charge in [0.15, 0.2) is 6.10 Å². The summed E-state index contributed by atoms with van der Waals surface area (Å²) in [6.07, 6.45) is -1.45. The van der Waals surface area contributed by atoms with Crippen LogP contribution in [0.25, 0.3) is 0 Å². The monoisotopic (exact) mass is 406 g/mol. The van der Waals surface area contributed by atoms with E-state index in [1.54, 1.807) is 12.1 Å². The molecule has 1 aliphatic heterocycles. The molecule has 0 unspecified atom stereocenters. The van der Waals surface area contributed by atoms with Crippen LogP contribution in [0.1, 0.15) is 13.3 Å². The number of esters is 1. The second kappa shape index (κ2) is 8.39. The third-order valence-corrected chi connectivity index (χ3v) is 5.20. The summed E-state index contributed by atoms with van der Waals surface area (Å²) in [6.45, 7) is 1.32.